The molecule has 1 unspecified atom stereocenters. The molecule has 1 radical (unpaired) electrons. The molecule has 0 rings (SSSR count). The second-order valence-electron chi connectivity index (χ2n) is 2.09. The number of carbonyl (C=O) groups is 1. The minimum atomic E-state index is -0.434. The molecule has 0 heterocycles. The van der Waals surface area contributed by atoms with Crippen LogP contribution in [0.1, 0.15) is 26.7 Å². The summed E-state index contributed by atoms with van der Waals surface area (Å²) < 4.78 is 4.74. The SMILES string of the molecule is [CH2]C(=O)OC(C)CCC. The number of carbonyl (C=O) groups excluding carboxylic acids is 1. The summed E-state index contributed by atoms with van der Waals surface area (Å²) in [7, 11) is 0. The fourth-order valence-corrected chi connectivity index (χ4v) is 0.690. The first-order chi connectivity index (χ1) is 4.16. The van der Waals surface area contributed by atoms with E-state index in [-0.39, 0.29) is 6.10 Å². The Kier molecular flexibility index (Phi) is 4.10. The highest BCUT2D eigenvalue weighted by molar-refractivity contribution is 5.73. The molecule has 0 amide bonds. The van der Waals surface area contributed by atoms with Gasteiger partial charge in [0.05, 0.1) is 13.0 Å². The van der Waals surface area contributed by atoms with Crippen molar-refractivity contribution in [1.82, 2.24) is 0 Å². The van der Waals surface area contributed by atoms with Crippen LogP contribution in [0.3, 0.4) is 0 Å². The van der Waals surface area contributed by atoms with Crippen molar-refractivity contribution >= 4 is 5.97 Å². The molecular formula is C7H13O2. The zero-order chi connectivity index (χ0) is 7.28. The van der Waals surface area contributed by atoms with Gasteiger partial charge in [-0.2, -0.15) is 0 Å². The topological polar surface area (TPSA) is 26.3 Å². The molecule has 53 valence electrons. The van der Waals surface area contributed by atoms with Gasteiger partial charge in [-0.1, -0.05) is 13.3 Å². The minimum Gasteiger partial charge on any atom is -0.463 e. The van der Waals surface area contributed by atoms with Crippen LogP contribution in [-0.4, -0.2) is 12.1 Å². The molecule has 0 bridgehead atoms. The number of ether oxygens (including phenoxy) is 1. The van der Waals surface area contributed by atoms with E-state index in [1.54, 1.807) is 0 Å². The van der Waals surface area contributed by atoms with Crippen molar-refractivity contribution in [3.63, 3.8) is 0 Å². The van der Waals surface area contributed by atoms with Crippen LogP contribution in [0.5, 0.6) is 0 Å². The van der Waals surface area contributed by atoms with Crippen LogP contribution in [-0.2, 0) is 9.53 Å². The van der Waals surface area contributed by atoms with Crippen LogP contribution < -0.4 is 0 Å². The Morgan fingerprint density at radius 2 is 2.33 bits per heavy atom. The van der Waals surface area contributed by atoms with E-state index in [1.807, 2.05) is 13.8 Å². The average molecular weight is 129 g/mol. The van der Waals surface area contributed by atoms with Crippen molar-refractivity contribution in [1.29, 1.82) is 0 Å². The van der Waals surface area contributed by atoms with Gasteiger partial charge in [0.25, 0.3) is 0 Å². The maximum Gasteiger partial charge on any atom is 0.306 e. The van der Waals surface area contributed by atoms with E-state index in [4.69, 9.17) is 4.74 Å². The molecule has 2 heteroatoms. The monoisotopic (exact) mass is 129 g/mol. The zero-order valence-corrected chi connectivity index (χ0v) is 6.02. The summed E-state index contributed by atoms with van der Waals surface area (Å²) in [4.78, 5) is 10.2. The average Bonchev–Trinajstić information content (AvgIpc) is 1.63. The third-order valence-corrected chi connectivity index (χ3v) is 1.03. The molecule has 0 spiro atoms. The van der Waals surface area contributed by atoms with Gasteiger partial charge < -0.3 is 4.74 Å². The molecule has 1 atom stereocenters. The summed E-state index contributed by atoms with van der Waals surface area (Å²) >= 11 is 0. The Morgan fingerprint density at radius 1 is 1.78 bits per heavy atom. The first-order valence-corrected chi connectivity index (χ1v) is 3.19. The van der Waals surface area contributed by atoms with E-state index in [1.165, 1.54) is 0 Å². The van der Waals surface area contributed by atoms with Gasteiger partial charge in [0.15, 0.2) is 0 Å². The van der Waals surface area contributed by atoms with E-state index < -0.39 is 5.97 Å². The number of hydrogen-bond acceptors (Lipinski definition) is 2. The van der Waals surface area contributed by atoms with E-state index in [0.717, 1.165) is 12.8 Å². The maximum absolute atomic E-state index is 10.2. The van der Waals surface area contributed by atoms with Gasteiger partial charge >= 0.3 is 5.97 Å². The molecule has 0 saturated carbocycles. The molecule has 0 aliphatic carbocycles. The van der Waals surface area contributed by atoms with Gasteiger partial charge in [0.2, 0.25) is 0 Å². The zero-order valence-electron chi connectivity index (χ0n) is 6.02. The van der Waals surface area contributed by atoms with Gasteiger partial charge in [-0.3, -0.25) is 4.79 Å². The van der Waals surface area contributed by atoms with Gasteiger partial charge in [0.1, 0.15) is 0 Å². The molecular weight excluding hydrogens is 116 g/mol. The van der Waals surface area contributed by atoms with Crippen LogP contribution in [0.25, 0.3) is 0 Å². The van der Waals surface area contributed by atoms with Gasteiger partial charge in [-0.05, 0) is 13.3 Å². The summed E-state index contributed by atoms with van der Waals surface area (Å²) in [5, 5.41) is 0. The van der Waals surface area contributed by atoms with Crippen molar-refractivity contribution in [3.8, 4) is 0 Å². The summed E-state index contributed by atoms with van der Waals surface area (Å²) in [5.41, 5.74) is 0. The summed E-state index contributed by atoms with van der Waals surface area (Å²) in [6.07, 6.45) is 1.98. The third kappa shape index (κ3) is 5.34. The Balaban J connectivity index is 3.26. The molecule has 9 heavy (non-hydrogen) atoms. The minimum absolute atomic E-state index is 0.0278. The highest BCUT2D eigenvalue weighted by Gasteiger charge is 2.01. The summed E-state index contributed by atoms with van der Waals surface area (Å²) in [6.45, 7) is 7.02. The smallest absolute Gasteiger partial charge is 0.306 e. The molecule has 2 nitrogen and oxygen atoms in total. The molecule has 0 N–H and O–H groups in total. The lowest BCUT2D eigenvalue weighted by molar-refractivity contribution is -0.142. The molecule has 0 aromatic rings. The standard InChI is InChI=1S/C7H13O2/c1-4-5-6(2)9-7(3)8/h6H,3-5H2,1-2H3. The molecule has 0 aliphatic heterocycles. The van der Waals surface area contributed by atoms with E-state index in [2.05, 4.69) is 6.92 Å². The molecule has 0 aromatic heterocycles. The third-order valence-electron chi connectivity index (χ3n) is 1.03. The Bertz CT molecular complexity index is 88.9. The fraction of sp³-hybridized carbons (Fsp3) is 0.714. The van der Waals surface area contributed by atoms with Gasteiger partial charge in [0, 0.05) is 0 Å². The van der Waals surface area contributed by atoms with Crippen LogP contribution in [0, 0.1) is 6.92 Å². The molecule has 0 saturated heterocycles. The fourth-order valence-electron chi connectivity index (χ4n) is 0.690. The van der Waals surface area contributed by atoms with Crippen molar-refractivity contribution in [2.45, 2.75) is 32.8 Å². The second kappa shape index (κ2) is 4.36. The van der Waals surface area contributed by atoms with Crippen molar-refractivity contribution < 1.29 is 9.53 Å². The summed E-state index contributed by atoms with van der Waals surface area (Å²) in [5.74, 6) is -0.434. The quantitative estimate of drug-likeness (QED) is 0.540. The van der Waals surface area contributed by atoms with E-state index in [0.29, 0.717) is 0 Å². The van der Waals surface area contributed by atoms with Crippen LogP contribution in [0.4, 0.5) is 0 Å². The number of esters is 1. The normalized spacial score (nSPS) is 12.8. The Morgan fingerprint density at radius 3 is 2.67 bits per heavy atom. The van der Waals surface area contributed by atoms with Crippen LogP contribution >= 0.6 is 0 Å². The van der Waals surface area contributed by atoms with Gasteiger partial charge in [-0.15, -0.1) is 0 Å². The molecule has 0 aromatic carbocycles. The Labute approximate surface area is 56.2 Å². The highest BCUT2D eigenvalue weighted by Crippen LogP contribution is 1.99. The maximum atomic E-state index is 10.2. The largest absolute Gasteiger partial charge is 0.463 e. The first-order valence-electron chi connectivity index (χ1n) is 3.19. The first kappa shape index (κ1) is 8.47. The van der Waals surface area contributed by atoms with Crippen LogP contribution in [0.2, 0.25) is 0 Å². The number of rotatable bonds is 3. The Hall–Kier alpha value is -0.530. The van der Waals surface area contributed by atoms with E-state index in [9.17, 15) is 4.79 Å². The van der Waals surface area contributed by atoms with Crippen molar-refractivity contribution in [2.75, 3.05) is 0 Å². The van der Waals surface area contributed by atoms with E-state index >= 15 is 0 Å². The second-order valence-corrected chi connectivity index (χ2v) is 2.09. The molecule has 0 fully saturated rings. The van der Waals surface area contributed by atoms with Crippen molar-refractivity contribution in [3.05, 3.63) is 6.92 Å². The number of hydrogen-bond donors (Lipinski definition) is 0. The lowest BCUT2D eigenvalue weighted by Gasteiger charge is -2.08. The van der Waals surface area contributed by atoms with Gasteiger partial charge in [-0.25, -0.2) is 0 Å². The predicted molar refractivity (Wildman–Crippen MR) is 35.8 cm³/mol. The highest BCUT2D eigenvalue weighted by atomic mass is 16.5. The predicted octanol–water partition coefficient (Wildman–Crippen LogP) is 1.55. The molecule has 0 aliphatic rings. The lowest BCUT2D eigenvalue weighted by atomic mass is 10.2. The lowest BCUT2D eigenvalue weighted by Crippen LogP contribution is -2.11. The van der Waals surface area contributed by atoms with Crippen LogP contribution in [0.15, 0.2) is 0 Å². The summed E-state index contributed by atoms with van der Waals surface area (Å²) in [6, 6.07) is 0. The van der Waals surface area contributed by atoms with Crippen molar-refractivity contribution in [2.24, 2.45) is 0 Å².